The van der Waals surface area contributed by atoms with Gasteiger partial charge in [0, 0.05) is 16.3 Å². The predicted molar refractivity (Wildman–Crippen MR) is 81.2 cm³/mol. The number of halogens is 1. The van der Waals surface area contributed by atoms with E-state index >= 15 is 0 Å². The van der Waals surface area contributed by atoms with Crippen molar-refractivity contribution in [3.8, 4) is 6.07 Å². The smallest absolute Gasteiger partial charge is 0.328 e. The van der Waals surface area contributed by atoms with Crippen molar-refractivity contribution in [2.24, 2.45) is 0 Å². The number of hydrogen-bond donors (Lipinski definition) is 1. The average molecular weight is 319 g/mol. The van der Waals surface area contributed by atoms with Crippen molar-refractivity contribution in [3.63, 3.8) is 0 Å². The van der Waals surface area contributed by atoms with Gasteiger partial charge in [-0.2, -0.15) is 5.26 Å². The maximum atomic E-state index is 12.4. The number of benzene rings is 1. The normalized spacial score (nSPS) is 19.0. The van der Waals surface area contributed by atoms with E-state index < -0.39 is 6.04 Å². The molecule has 1 fully saturated rings. The fourth-order valence-corrected chi connectivity index (χ4v) is 2.39. The second-order valence-electron chi connectivity index (χ2n) is 4.79. The molecule has 1 aliphatic rings. The van der Waals surface area contributed by atoms with Gasteiger partial charge >= 0.3 is 5.97 Å². The van der Waals surface area contributed by atoms with Gasteiger partial charge in [-0.25, -0.2) is 4.79 Å². The molecule has 0 amide bonds. The molecule has 1 saturated heterocycles. The van der Waals surface area contributed by atoms with Crippen LogP contribution in [0.25, 0.3) is 0 Å². The standard InChI is InChI=1S/C16H15ClN2O3/c1-2-22-16(21)14-8-7-13(19-14)12(9-18)15(20)10-3-5-11(17)6-4-10/h3-6,14,19H,2,7-8H2,1H3/b13-12+. The molecule has 1 heterocycles. The summed E-state index contributed by atoms with van der Waals surface area (Å²) in [7, 11) is 0. The molecule has 2 rings (SSSR count). The summed E-state index contributed by atoms with van der Waals surface area (Å²) in [5.41, 5.74) is 0.893. The van der Waals surface area contributed by atoms with Crippen LogP contribution in [0.2, 0.25) is 5.02 Å². The van der Waals surface area contributed by atoms with E-state index in [9.17, 15) is 14.9 Å². The summed E-state index contributed by atoms with van der Waals surface area (Å²) in [6.07, 6.45) is 0.971. The average Bonchev–Trinajstić information content (AvgIpc) is 2.98. The molecule has 5 nitrogen and oxygen atoms in total. The number of carbonyl (C=O) groups excluding carboxylic acids is 2. The second kappa shape index (κ2) is 7.10. The fraction of sp³-hybridized carbons (Fsp3) is 0.312. The Balaban J connectivity index is 2.21. The molecule has 1 N–H and O–H groups in total. The zero-order valence-electron chi connectivity index (χ0n) is 12.1. The number of hydrogen-bond acceptors (Lipinski definition) is 5. The Morgan fingerprint density at radius 2 is 2.09 bits per heavy atom. The van der Waals surface area contributed by atoms with E-state index in [0.29, 0.717) is 35.7 Å². The van der Waals surface area contributed by atoms with Crippen LogP contribution in [0, 0.1) is 11.3 Å². The van der Waals surface area contributed by atoms with Crippen LogP contribution >= 0.6 is 11.6 Å². The molecular formula is C16H15ClN2O3. The third kappa shape index (κ3) is 3.46. The lowest BCUT2D eigenvalue weighted by Gasteiger charge is -2.10. The molecule has 0 radical (unpaired) electrons. The number of nitriles is 1. The third-order valence-corrected chi connectivity index (χ3v) is 3.60. The first-order chi connectivity index (χ1) is 10.6. The largest absolute Gasteiger partial charge is 0.464 e. The summed E-state index contributed by atoms with van der Waals surface area (Å²) in [6.45, 7) is 2.03. The molecule has 1 aromatic carbocycles. The van der Waals surface area contributed by atoms with Crippen molar-refractivity contribution >= 4 is 23.4 Å². The van der Waals surface area contributed by atoms with Gasteiger partial charge in [0.05, 0.1) is 6.61 Å². The Morgan fingerprint density at radius 1 is 1.41 bits per heavy atom. The van der Waals surface area contributed by atoms with Gasteiger partial charge in [-0.3, -0.25) is 4.79 Å². The molecule has 1 aromatic rings. The minimum absolute atomic E-state index is 0.0223. The van der Waals surface area contributed by atoms with Gasteiger partial charge in [0.2, 0.25) is 5.78 Å². The van der Waals surface area contributed by atoms with E-state index in [1.54, 1.807) is 31.2 Å². The summed E-state index contributed by atoms with van der Waals surface area (Å²) in [5, 5.41) is 12.7. The number of allylic oxidation sites excluding steroid dienone is 2. The lowest BCUT2D eigenvalue weighted by Crippen LogP contribution is -2.32. The highest BCUT2D eigenvalue weighted by molar-refractivity contribution is 6.30. The van der Waals surface area contributed by atoms with Crippen molar-refractivity contribution in [2.75, 3.05) is 6.61 Å². The SMILES string of the molecule is CCOC(=O)C1CC/C(=C(/C#N)C(=O)c2ccc(Cl)cc2)N1. The number of nitrogens with zero attached hydrogens (tertiary/aromatic N) is 1. The molecule has 0 saturated carbocycles. The minimum atomic E-state index is -0.503. The van der Waals surface area contributed by atoms with Gasteiger partial charge < -0.3 is 10.1 Å². The molecule has 1 aliphatic heterocycles. The second-order valence-corrected chi connectivity index (χ2v) is 5.23. The fourth-order valence-electron chi connectivity index (χ4n) is 2.26. The van der Waals surface area contributed by atoms with Crippen LogP contribution in [0.5, 0.6) is 0 Å². The van der Waals surface area contributed by atoms with Crippen LogP contribution in [0.4, 0.5) is 0 Å². The lowest BCUT2D eigenvalue weighted by atomic mass is 10.0. The highest BCUT2D eigenvalue weighted by Crippen LogP contribution is 2.22. The molecule has 22 heavy (non-hydrogen) atoms. The molecule has 0 aliphatic carbocycles. The highest BCUT2D eigenvalue weighted by atomic mass is 35.5. The predicted octanol–water partition coefficient (Wildman–Crippen LogP) is 2.62. The monoisotopic (exact) mass is 318 g/mol. The zero-order chi connectivity index (χ0) is 16.1. The maximum absolute atomic E-state index is 12.4. The van der Waals surface area contributed by atoms with Gasteiger partial charge in [-0.05, 0) is 44.0 Å². The molecule has 6 heteroatoms. The highest BCUT2D eigenvalue weighted by Gasteiger charge is 2.30. The number of ether oxygens (including phenoxy) is 1. The third-order valence-electron chi connectivity index (χ3n) is 3.35. The van der Waals surface area contributed by atoms with E-state index in [2.05, 4.69) is 5.32 Å². The Morgan fingerprint density at radius 3 is 2.68 bits per heavy atom. The number of esters is 1. The first kappa shape index (κ1) is 16.1. The number of Topliss-reactive ketones (excluding diaryl/α,β-unsaturated/α-hetero) is 1. The number of ketones is 1. The van der Waals surface area contributed by atoms with Crippen LogP contribution < -0.4 is 5.32 Å². The maximum Gasteiger partial charge on any atom is 0.328 e. The number of rotatable bonds is 4. The van der Waals surface area contributed by atoms with Crippen molar-refractivity contribution in [1.82, 2.24) is 5.32 Å². The van der Waals surface area contributed by atoms with Crippen LogP contribution in [-0.2, 0) is 9.53 Å². The Bertz CT molecular complexity index is 659. The molecule has 1 unspecified atom stereocenters. The Hall–Kier alpha value is -2.32. The summed E-state index contributed by atoms with van der Waals surface area (Å²) >= 11 is 5.79. The van der Waals surface area contributed by atoms with Crippen LogP contribution in [0.1, 0.15) is 30.1 Å². The molecule has 0 bridgehead atoms. The molecule has 0 aromatic heterocycles. The van der Waals surface area contributed by atoms with Gasteiger partial charge in [0.15, 0.2) is 0 Å². The topological polar surface area (TPSA) is 79.2 Å². The van der Waals surface area contributed by atoms with Crippen molar-refractivity contribution in [1.29, 1.82) is 5.26 Å². The van der Waals surface area contributed by atoms with Crippen molar-refractivity contribution in [3.05, 3.63) is 46.1 Å². The number of carbonyl (C=O) groups is 2. The summed E-state index contributed by atoms with van der Waals surface area (Å²) in [6, 6.07) is 7.76. The summed E-state index contributed by atoms with van der Waals surface area (Å²) in [4.78, 5) is 24.1. The lowest BCUT2D eigenvalue weighted by molar-refractivity contribution is -0.145. The van der Waals surface area contributed by atoms with E-state index in [1.807, 2.05) is 6.07 Å². The first-order valence-electron chi connectivity index (χ1n) is 6.93. The zero-order valence-corrected chi connectivity index (χ0v) is 12.8. The van der Waals surface area contributed by atoms with Crippen molar-refractivity contribution in [2.45, 2.75) is 25.8 Å². The van der Waals surface area contributed by atoms with E-state index in [-0.39, 0.29) is 17.3 Å². The number of nitrogens with one attached hydrogen (secondary N) is 1. The van der Waals surface area contributed by atoms with E-state index in [1.165, 1.54) is 0 Å². The van der Waals surface area contributed by atoms with Crippen molar-refractivity contribution < 1.29 is 14.3 Å². The van der Waals surface area contributed by atoms with Gasteiger partial charge in [0.25, 0.3) is 0 Å². The van der Waals surface area contributed by atoms with Gasteiger partial charge in [-0.1, -0.05) is 11.6 Å². The van der Waals surface area contributed by atoms with Gasteiger partial charge in [-0.15, -0.1) is 0 Å². The van der Waals surface area contributed by atoms with Crippen LogP contribution in [0.15, 0.2) is 35.5 Å². The molecule has 0 spiro atoms. The summed E-state index contributed by atoms with van der Waals surface area (Å²) < 4.78 is 4.94. The van der Waals surface area contributed by atoms with Crippen LogP contribution in [-0.4, -0.2) is 24.4 Å². The molecule has 1 atom stereocenters. The molecule has 114 valence electrons. The Labute approximate surface area is 133 Å². The van der Waals surface area contributed by atoms with Gasteiger partial charge in [0.1, 0.15) is 17.7 Å². The first-order valence-corrected chi connectivity index (χ1v) is 7.31. The quantitative estimate of drug-likeness (QED) is 0.399. The summed E-state index contributed by atoms with van der Waals surface area (Å²) in [5.74, 6) is -0.750. The van der Waals surface area contributed by atoms with E-state index in [4.69, 9.17) is 16.3 Å². The van der Waals surface area contributed by atoms with E-state index in [0.717, 1.165) is 0 Å². The Kier molecular flexibility index (Phi) is 5.18. The van der Waals surface area contributed by atoms with Crippen LogP contribution in [0.3, 0.4) is 0 Å². The molecular weight excluding hydrogens is 304 g/mol. The minimum Gasteiger partial charge on any atom is -0.464 e.